The Morgan fingerprint density at radius 2 is 1.76 bits per heavy atom. The molecule has 0 saturated carbocycles. The largest absolute Gasteiger partial charge is 0.231 e. The van der Waals surface area contributed by atoms with Crippen LogP contribution < -0.4 is 0 Å². The van der Waals surface area contributed by atoms with Gasteiger partial charge in [-0.3, -0.25) is 0 Å². The Morgan fingerprint density at radius 1 is 1.12 bits per heavy atom. The molecule has 0 amide bonds. The Kier molecular flexibility index (Phi) is 3.99. The van der Waals surface area contributed by atoms with E-state index >= 15 is 0 Å². The third-order valence-corrected chi connectivity index (χ3v) is 4.01. The lowest BCUT2D eigenvalue weighted by Gasteiger charge is -2.10. The third-order valence-electron chi connectivity index (χ3n) is 2.39. The Bertz CT molecular complexity index is 526. The first kappa shape index (κ1) is 12.8. The summed E-state index contributed by atoms with van der Waals surface area (Å²) in [6.07, 6.45) is 0. The maximum atomic E-state index is 6.15. The van der Waals surface area contributed by atoms with Crippen LogP contribution in [0.4, 0.5) is 0 Å². The molecule has 0 saturated heterocycles. The maximum absolute atomic E-state index is 6.15. The second kappa shape index (κ2) is 5.31. The second-order valence-corrected chi connectivity index (χ2v) is 5.49. The van der Waals surface area contributed by atoms with Gasteiger partial charge in [0, 0.05) is 11.5 Å². The van der Waals surface area contributed by atoms with Crippen LogP contribution in [0, 0.1) is 3.57 Å². The molecule has 0 aliphatic carbocycles. The van der Waals surface area contributed by atoms with Gasteiger partial charge in [0.1, 0.15) is 11.0 Å². The molecule has 0 bridgehead atoms. The van der Waals surface area contributed by atoms with Crippen LogP contribution in [0.3, 0.4) is 0 Å². The molecule has 2 nitrogen and oxygen atoms in total. The molecule has 4 heteroatoms. The van der Waals surface area contributed by atoms with E-state index in [0.717, 1.165) is 20.7 Å². The highest BCUT2D eigenvalue weighted by atomic mass is 127. The number of benzene rings is 1. The predicted octanol–water partition coefficient (Wildman–Crippen LogP) is 4.53. The zero-order valence-electron chi connectivity index (χ0n) is 9.61. The van der Waals surface area contributed by atoms with Crippen molar-refractivity contribution < 1.29 is 0 Å². The summed E-state index contributed by atoms with van der Waals surface area (Å²) in [5.74, 6) is 1.06. The van der Waals surface area contributed by atoms with Gasteiger partial charge in [0.25, 0.3) is 0 Å². The van der Waals surface area contributed by atoms with Crippen molar-refractivity contribution in [3.05, 3.63) is 44.9 Å². The fourth-order valence-electron chi connectivity index (χ4n) is 1.48. The van der Waals surface area contributed by atoms with Crippen molar-refractivity contribution in [1.82, 2.24) is 9.97 Å². The van der Waals surface area contributed by atoms with E-state index in [0.29, 0.717) is 5.15 Å². The summed E-state index contributed by atoms with van der Waals surface area (Å²) in [6.45, 7) is 4.13. The van der Waals surface area contributed by atoms with Crippen LogP contribution in [0.5, 0.6) is 0 Å². The average Bonchev–Trinajstić information content (AvgIpc) is 2.33. The van der Waals surface area contributed by atoms with Crippen LogP contribution in [0.25, 0.3) is 11.3 Å². The lowest BCUT2D eigenvalue weighted by atomic mass is 10.1. The molecule has 0 spiro atoms. The molecule has 1 aromatic heterocycles. The topological polar surface area (TPSA) is 25.8 Å². The summed E-state index contributed by atoms with van der Waals surface area (Å²) >= 11 is 8.35. The molecule has 88 valence electrons. The number of aromatic nitrogens is 2. The van der Waals surface area contributed by atoms with Crippen molar-refractivity contribution in [3.63, 3.8) is 0 Å². The SMILES string of the molecule is CC(C)c1nc(Cl)c(I)c(-c2ccccc2)n1. The number of hydrogen-bond acceptors (Lipinski definition) is 2. The van der Waals surface area contributed by atoms with Crippen molar-refractivity contribution in [2.24, 2.45) is 0 Å². The second-order valence-electron chi connectivity index (χ2n) is 4.06. The van der Waals surface area contributed by atoms with E-state index in [4.69, 9.17) is 11.6 Å². The predicted molar refractivity (Wildman–Crippen MR) is 79.3 cm³/mol. The van der Waals surface area contributed by atoms with Gasteiger partial charge < -0.3 is 0 Å². The van der Waals surface area contributed by atoms with Gasteiger partial charge in [-0.05, 0) is 22.6 Å². The lowest BCUT2D eigenvalue weighted by molar-refractivity contribution is 0.774. The fraction of sp³-hybridized carbons (Fsp3) is 0.231. The Balaban J connectivity index is 2.61. The summed E-state index contributed by atoms with van der Waals surface area (Å²) in [5.41, 5.74) is 1.98. The summed E-state index contributed by atoms with van der Waals surface area (Å²) < 4.78 is 0.903. The van der Waals surface area contributed by atoms with E-state index < -0.39 is 0 Å². The fourth-order valence-corrected chi connectivity index (χ4v) is 2.21. The van der Waals surface area contributed by atoms with Crippen LogP contribution in [0.1, 0.15) is 25.6 Å². The molecule has 2 aromatic rings. The monoisotopic (exact) mass is 358 g/mol. The van der Waals surface area contributed by atoms with Crippen molar-refractivity contribution in [3.8, 4) is 11.3 Å². The molecule has 1 heterocycles. The van der Waals surface area contributed by atoms with Crippen LogP contribution in [-0.4, -0.2) is 9.97 Å². The summed E-state index contributed by atoms with van der Waals surface area (Å²) in [5, 5.41) is 0.531. The quantitative estimate of drug-likeness (QED) is 0.582. The molecule has 1 aromatic carbocycles. The minimum atomic E-state index is 0.270. The number of nitrogens with zero attached hydrogens (tertiary/aromatic N) is 2. The highest BCUT2D eigenvalue weighted by molar-refractivity contribution is 14.1. The molecule has 0 aliphatic rings. The van der Waals surface area contributed by atoms with Crippen LogP contribution in [-0.2, 0) is 0 Å². The van der Waals surface area contributed by atoms with E-state index in [2.05, 4.69) is 46.4 Å². The number of halogens is 2. The molecule has 0 atom stereocenters. The smallest absolute Gasteiger partial charge is 0.146 e. The maximum Gasteiger partial charge on any atom is 0.146 e. The standard InChI is InChI=1S/C13H12ClIN2/c1-8(2)13-16-11(10(15)12(14)17-13)9-6-4-3-5-7-9/h3-8H,1-2H3. The molecule has 17 heavy (non-hydrogen) atoms. The molecule has 0 N–H and O–H groups in total. The molecule has 0 aliphatic heterocycles. The highest BCUT2D eigenvalue weighted by Crippen LogP contribution is 2.29. The van der Waals surface area contributed by atoms with Crippen LogP contribution >= 0.6 is 34.2 Å². The van der Waals surface area contributed by atoms with Gasteiger partial charge in [0.2, 0.25) is 0 Å². The summed E-state index contributed by atoms with van der Waals surface area (Å²) in [4.78, 5) is 8.91. The van der Waals surface area contributed by atoms with Crippen LogP contribution in [0.2, 0.25) is 5.15 Å². The zero-order chi connectivity index (χ0) is 12.4. The minimum absolute atomic E-state index is 0.270. The molecule has 2 rings (SSSR count). The number of hydrogen-bond donors (Lipinski definition) is 0. The minimum Gasteiger partial charge on any atom is -0.231 e. The summed E-state index contributed by atoms with van der Waals surface area (Å²) in [7, 11) is 0. The Morgan fingerprint density at radius 3 is 2.35 bits per heavy atom. The first-order valence-corrected chi connectivity index (χ1v) is 6.83. The zero-order valence-corrected chi connectivity index (χ0v) is 12.5. The lowest BCUT2D eigenvalue weighted by Crippen LogP contribution is -2.02. The van der Waals surface area contributed by atoms with E-state index in [-0.39, 0.29) is 5.92 Å². The molecular formula is C13H12ClIN2. The van der Waals surface area contributed by atoms with E-state index in [1.807, 2.05) is 30.3 Å². The van der Waals surface area contributed by atoms with Gasteiger partial charge in [0.05, 0.1) is 9.26 Å². The normalized spacial score (nSPS) is 10.9. The van der Waals surface area contributed by atoms with Crippen LogP contribution in [0.15, 0.2) is 30.3 Å². The average molecular weight is 359 g/mol. The third kappa shape index (κ3) is 2.77. The van der Waals surface area contributed by atoms with Gasteiger partial charge >= 0.3 is 0 Å². The first-order chi connectivity index (χ1) is 8.09. The van der Waals surface area contributed by atoms with Crippen molar-refractivity contribution in [1.29, 1.82) is 0 Å². The van der Waals surface area contributed by atoms with Crippen molar-refractivity contribution >= 4 is 34.2 Å². The summed E-state index contributed by atoms with van der Waals surface area (Å²) in [6, 6.07) is 10.0. The van der Waals surface area contributed by atoms with E-state index in [1.54, 1.807) is 0 Å². The molecule has 0 fully saturated rings. The van der Waals surface area contributed by atoms with Gasteiger partial charge in [0.15, 0.2) is 0 Å². The number of rotatable bonds is 2. The van der Waals surface area contributed by atoms with Gasteiger partial charge in [-0.2, -0.15) is 0 Å². The Labute approximate surface area is 120 Å². The van der Waals surface area contributed by atoms with E-state index in [1.165, 1.54) is 0 Å². The van der Waals surface area contributed by atoms with E-state index in [9.17, 15) is 0 Å². The van der Waals surface area contributed by atoms with Gasteiger partial charge in [-0.1, -0.05) is 55.8 Å². The first-order valence-electron chi connectivity index (χ1n) is 5.38. The van der Waals surface area contributed by atoms with Crippen molar-refractivity contribution in [2.75, 3.05) is 0 Å². The van der Waals surface area contributed by atoms with Gasteiger partial charge in [-0.25, -0.2) is 9.97 Å². The Hall–Kier alpha value is -0.680. The molecule has 0 unspecified atom stereocenters. The molecule has 0 radical (unpaired) electrons. The van der Waals surface area contributed by atoms with Gasteiger partial charge in [-0.15, -0.1) is 0 Å². The highest BCUT2D eigenvalue weighted by Gasteiger charge is 2.13. The molecular weight excluding hydrogens is 347 g/mol. The van der Waals surface area contributed by atoms with Crippen molar-refractivity contribution in [2.45, 2.75) is 19.8 Å².